The molecule has 1 aliphatic heterocycles. The second-order valence-electron chi connectivity index (χ2n) is 5.48. The number of halogens is 1. The Kier molecular flexibility index (Phi) is 6.19. The van der Waals surface area contributed by atoms with Gasteiger partial charge < -0.3 is 15.0 Å². The average Bonchev–Trinajstić information content (AvgIpc) is 2.55. The largest absolute Gasteiger partial charge is 0.378 e. The first-order valence-electron chi connectivity index (χ1n) is 7.59. The van der Waals surface area contributed by atoms with Crippen LogP contribution in [-0.2, 0) is 14.3 Å². The van der Waals surface area contributed by atoms with Gasteiger partial charge in [0.25, 0.3) is 0 Å². The molecule has 5 nitrogen and oxygen atoms in total. The third-order valence-electron chi connectivity index (χ3n) is 3.70. The lowest BCUT2D eigenvalue weighted by Gasteiger charge is -2.29. The first-order chi connectivity index (χ1) is 11.0. The van der Waals surface area contributed by atoms with Crippen molar-refractivity contribution in [1.82, 2.24) is 10.2 Å². The Balaban J connectivity index is 1.96. The van der Waals surface area contributed by atoms with E-state index in [1.807, 2.05) is 25.1 Å². The predicted molar refractivity (Wildman–Crippen MR) is 90.1 cm³/mol. The quantitative estimate of drug-likeness (QED) is 0.857. The summed E-state index contributed by atoms with van der Waals surface area (Å²) >= 11 is 6.12. The monoisotopic (exact) mass is 336 g/mol. The molecule has 0 saturated carbocycles. The topological polar surface area (TPSA) is 58.6 Å². The fraction of sp³-hybridized carbons (Fsp3) is 0.412. The Hall–Kier alpha value is -1.85. The number of carbonyl (C=O) groups is 2. The van der Waals surface area contributed by atoms with Crippen LogP contribution in [0.2, 0.25) is 5.02 Å². The number of allylic oxidation sites excluding steroid dienone is 1. The zero-order chi connectivity index (χ0) is 16.8. The zero-order valence-electron chi connectivity index (χ0n) is 13.3. The second-order valence-corrected chi connectivity index (χ2v) is 5.88. The van der Waals surface area contributed by atoms with Gasteiger partial charge in [-0.1, -0.05) is 29.8 Å². The van der Waals surface area contributed by atoms with Crippen molar-refractivity contribution >= 4 is 29.0 Å². The summed E-state index contributed by atoms with van der Waals surface area (Å²) in [6.07, 6.45) is 1.46. The Morgan fingerprint density at radius 2 is 1.96 bits per heavy atom. The van der Waals surface area contributed by atoms with Crippen LogP contribution in [0.5, 0.6) is 0 Å². The molecule has 0 radical (unpaired) electrons. The van der Waals surface area contributed by atoms with Gasteiger partial charge in [0.05, 0.1) is 13.2 Å². The van der Waals surface area contributed by atoms with Crippen LogP contribution in [0, 0.1) is 0 Å². The van der Waals surface area contributed by atoms with E-state index in [4.69, 9.17) is 16.3 Å². The molecule has 1 saturated heterocycles. The molecule has 0 bridgehead atoms. The predicted octanol–water partition coefficient (Wildman–Crippen LogP) is 2.11. The highest BCUT2D eigenvalue weighted by atomic mass is 35.5. The van der Waals surface area contributed by atoms with Gasteiger partial charge in [-0.15, -0.1) is 0 Å². The van der Waals surface area contributed by atoms with Gasteiger partial charge in [0.15, 0.2) is 0 Å². The lowest BCUT2D eigenvalue weighted by molar-refractivity contribution is -0.138. The number of hydrogen-bond acceptors (Lipinski definition) is 3. The summed E-state index contributed by atoms with van der Waals surface area (Å²) in [4.78, 5) is 26.1. The van der Waals surface area contributed by atoms with Gasteiger partial charge in [-0.25, -0.2) is 0 Å². The number of nitrogens with one attached hydrogen (secondary N) is 1. The van der Waals surface area contributed by atoms with E-state index in [9.17, 15) is 9.59 Å². The molecule has 2 amide bonds. The fourth-order valence-corrected chi connectivity index (χ4v) is 2.71. The Morgan fingerprint density at radius 3 is 2.61 bits per heavy atom. The summed E-state index contributed by atoms with van der Waals surface area (Å²) < 4.78 is 5.22. The van der Waals surface area contributed by atoms with E-state index < -0.39 is 6.04 Å². The van der Waals surface area contributed by atoms with Gasteiger partial charge in [0.1, 0.15) is 6.04 Å². The highest BCUT2D eigenvalue weighted by molar-refractivity contribution is 6.32. The van der Waals surface area contributed by atoms with Crippen molar-refractivity contribution < 1.29 is 14.3 Å². The third kappa shape index (κ3) is 4.81. The number of nitrogens with zero attached hydrogens (tertiary/aromatic N) is 1. The summed E-state index contributed by atoms with van der Waals surface area (Å²) in [6.45, 7) is 5.71. The first-order valence-corrected chi connectivity index (χ1v) is 7.97. The van der Waals surface area contributed by atoms with Crippen LogP contribution in [0.1, 0.15) is 19.4 Å². The summed E-state index contributed by atoms with van der Waals surface area (Å²) in [5.41, 5.74) is 1.55. The average molecular weight is 337 g/mol. The second kappa shape index (κ2) is 8.13. The van der Waals surface area contributed by atoms with Crippen molar-refractivity contribution in [1.29, 1.82) is 0 Å². The summed E-state index contributed by atoms with van der Waals surface area (Å²) in [5.74, 6) is -0.401. The lowest BCUT2D eigenvalue weighted by Crippen LogP contribution is -2.50. The molecule has 1 aromatic rings. The molecule has 0 aliphatic carbocycles. The van der Waals surface area contributed by atoms with Crippen LogP contribution in [-0.4, -0.2) is 49.1 Å². The van der Waals surface area contributed by atoms with Crippen LogP contribution < -0.4 is 5.32 Å². The normalized spacial score (nSPS) is 16.8. The maximum Gasteiger partial charge on any atom is 0.245 e. The fourth-order valence-electron chi connectivity index (χ4n) is 2.43. The number of hydrogen-bond donors (Lipinski definition) is 1. The Bertz CT molecular complexity index is 610. The molecule has 6 heteroatoms. The Labute approximate surface area is 141 Å². The van der Waals surface area contributed by atoms with Gasteiger partial charge in [-0.2, -0.15) is 0 Å². The molecule has 1 unspecified atom stereocenters. The molecule has 1 heterocycles. The number of amides is 2. The maximum absolute atomic E-state index is 12.3. The molecule has 1 atom stereocenters. The van der Waals surface area contributed by atoms with Crippen LogP contribution in [0.4, 0.5) is 0 Å². The summed E-state index contributed by atoms with van der Waals surface area (Å²) in [7, 11) is 0. The van der Waals surface area contributed by atoms with Crippen LogP contribution in [0.3, 0.4) is 0 Å². The lowest BCUT2D eigenvalue weighted by atomic mass is 10.1. The van der Waals surface area contributed by atoms with E-state index in [0.29, 0.717) is 31.3 Å². The van der Waals surface area contributed by atoms with Crippen molar-refractivity contribution in [2.24, 2.45) is 0 Å². The summed E-state index contributed by atoms with van der Waals surface area (Å²) in [5, 5.41) is 3.30. The molecule has 1 aliphatic rings. The van der Waals surface area contributed by atoms with Gasteiger partial charge in [0.2, 0.25) is 11.8 Å². The highest BCUT2D eigenvalue weighted by Gasteiger charge is 2.23. The number of carbonyl (C=O) groups excluding carboxylic acids is 2. The SMILES string of the molecule is CC(=CC(=O)NC(C)C(=O)N1CCOCC1)c1ccccc1Cl. The minimum atomic E-state index is -0.573. The highest BCUT2D eigenvalue weighted by Crippen LogP contribution is 2.22. The third-order valence-corrected chi connectivity index (χ3v) is 4.03. The van der Waals surface area contributed by atoms with Gasteiger partial charge in [-0.05, 0) is 31.1 Å². The molecule has 124 valence electrons. The molecule has 0 aromatic heterocycles. The molecule has 1 N–H and O–H groups in total. The van der Waals surface area contributed by atoms with Crippen molar-refractivity contribution in [2.75, 3.05) is 26.3 Å². The van der Waals surface area contributed by atoms with Crippen LogP contribution in [0.15, 0.2) is 30.3 Å². The van der Waals surface area contributed by atoms with E-state index in [2.05, 4.69) is 5.32 Å². The van der Waals surface area contributed by atoms with Gasteiger partial charge >= 0.3 is 0 Å². The van der Waals surface area contributed by atoms with Crippen molar-refractivity contribution in [3.8, 4) is 0 Å². The van der Waals surface area contributed by atoms with Gasteiger partial charge in [0, 0.05) is 24.2 Å². The zero-order valence-corrected chi connectivity index (χ0v) is 14.1. The molecule has 1 fully saturated rings. The smallest absolute Gasteiger partial charge is 0.245 e. The number of benzene rings is 1. The summed E-state index contributed by atoms with van der Waals surface area (Å²) in [6, 6.07) is 6.75. The van der Waals surface area contributed by atoms with Crippen molar-refractivity contribution in [2.45, 2.75) is 19.9 Å². The van der Waals surface area contributed by atoms with Crippen LogP contribution in [0.25, 0.3) is 5.57 Å². The maximum atomic E-state index is 12.3. The molecular weight excluding hydrogens is 316 g/mol. The molecule has 0 spiro atoms. The molecule has 2 rings (SSSR count). The van der Waals surface area contributed by atoms with Crippen LogP contribution >= 0.6 is 11.6 Å². The van der Waals surface area contributed by atoms with E-state index in [1.54, 1.807) is 17.9 Å². The number of morpholine rings is 1. The molecule has 1 aromatic carbocycles. The first kappa shape index (κ1) is 17.5. The van der Waals surface area contributed by atoms with E-state index >= 15 is 0 Å². The van der Waals surface area contributed by atoms with Crippen molar-refractivity contribution in [3.63, 3.8) is 0 Å². The molecule has 23 heavy (non-hydrogen) atoms. The number of rotatable bonds is 4. The minimum absolute atomic E-state index is 0.0922. The van der Waals surface area contributed by atoms with E-state index in [-0.39, 0.29) is 11.8 Å². The Morgan fingerprint density at radius 1 is 1.30 bits per heavy atom. The molecular formula is C17H21ClN2O3. The standard InChI is InChI=1S/C17H21ClN2O3/c1-12(14-5-3-4-6-15(14)18)11-16(21)19-13(2)17(22)20-7-9-23-10-8-20/h3-6,11,13H,7-10H2,1-2H3,(H,19,21). The minimum Gasteiger partial charge on any atom is -0.378 e. The van der Waals surface area contributed by atoms with E-state index in [0.717, 1.165) is 11.1 Å². The van der Waals surface area contributed by atoms with Gasteiger partial charge in [-0.3, -0.25) is 9.59 Å². The van der Waals surface area contributed by atoms with E-state index in [1.165, 1.54) is 6.08 Å². The van der Waals surface area contributed by atoms with Crippen molar-refractivity contribution in [3.05, 3.63) is 40.9 Å². The number of ether oxygens (including phenoxy) is 1.